The molecule has 1 aromatic carbocycles. The van der Waals surface area contributed by atoms with Gasteiger partial charge in [0, 0.05) is 16.5 Å². The molecule has 0 heterocycles. The van der Waals surface area contributed by atoms with Crippen LogP contribution in [-0.4, -0.2) is 11.9 Å². The van der Waals surface area contributed by atoms with Crippen LogP contribution in [0.5, 0.6) is 0 Å². The Labute approximate surface area is 103 Å². The first kappa shape index (κ1) is 13.1. The van der Waals surface area contributed by atoms with Crippen LogP contribution in [0, 0.1) is 0 Å². The first-order valence-corrected chi connectivity index (χ1v) is 6.18. The number of rotatable bonds is 5. The van der Waals surface area contributed by atoms with Gasteiger partial charge in [-0.05, 0) is 31.5 Å². The van der Waals surface area contributed by atoms with Crippen molar-refractivity contribution < 1.29 is 4.79 Å². The lowest BCUT2D eigenvalue weighted by Gasteiger charge is -2.13. The molecule has 0 aliphatic rings. The second kappa shape index (κ2) is 6.59. The molecule has 0 bridgehead atoms. The number of carbonyl (C=O) groups excluding carboxylic acids is 1. The minimum Gasteiger partial charge on any atom is -0.350 e. The Kier molecular flexibility index (Phi) is 5.39. The van der Waals surface area contributed by atoms with E-state index in [9.17, 15) is 4.79 Å². The molecule has 0 aliphatic carbocycles. The van der Waals surface area contributed by atoms with Gasteiger partial charge in [0.05, 0.1) is 0 Å². The lowest BCUT2D eigenvalue weighted by molar-refractivity contribution is 0.0938. The summed E-state index contributed by atoms with van der Waals surface area (Å²) in [6.07, 6.45) is 3.34. The Morgan fingerprint density at radius 3 is 2.88 bits per heavy atom. The Bertz CT molecular complexity index is 352. The van der Waals surface area contributed by atoms with E-state index >= 15 is 0 Å². The molecule has 3 heteroatoms. The predicted molar refractivity (Wildman–Crippen MR) is 70.1 cm³/mol. The number of unbranched alkanes of at least 4 members (excludes halogenated alkanes) is 1. The van der Waals surface area contributed by atoms with E-state index in [0.717, 1.165) is 24.2 Å². The number of amides is 1. The predicted octanol–water partition coefficient (Wildman–Crippen LogP) is 3.28. The molecule has 88 valence electrons. The molecule has 1 unspecified atom stereocenters. The fraction of sp³-hybridized carbons (Fsp3) is 0.462. The molecule has 1 N–H and O–H groups in total. The summed E-state index contributed by atoms with van der Waals surface area (Å²) in [5.74, 6) is -0.0143. The van der Waals surface area contributed by atoms with Crippen molar-refractivity contribution in [2.75, 3.05) is 0 Å². The van der Waals surface area contributed by atoms with Crippen LogP contribution < -0.4 is 5.32 Å². The average Bonchev–Trinajstić information content (AvgIpc) is 2.26. The molecular formula is C13H19NOS. The third-order valence-corrected chi connectivity index (χ3v) is 2.75. The van der Waals surface area contributed by atoms with Gasteiger partial charge in [-0.3, -0.25) is 4.79 Å². The lowest BCUT2D eigenvalue weighted by atomic mass is 10.1. The van der Waals surface area contributed by atoms with Crippen LogP contribution in [0.1, 0.15) is 43.5 Å². The van der Waals surface area contributed by atoms with Crippen molar-refractivity contribution in [1.29, 1.82) is 0 Å². The van der Waals surface area contributed by atoms with Crippen LogP contribution in [0.2, 0.25) is 0 Å². The third kappa shape index (κ3) is 4.27. The third-order valence-electron chi connectivity index (χ3n) is 2.48. The SMILES string of the molecule is CCCCC(C)NC(=O)c1cccc(S)c1. The van der Waals surface area contributed by atoms with Gasteiger partial charge < -0.3 is 5.32 Å². The second-order valence-corrected chi connectivity index (χ2v) is 4.58. The average molecular weight is 237 g/mol. The summed E-state index contributed by atoms with van der Waals surface area (Å²) >= 11 is 4.22. The molecule has 1 amide bonds. The molecule has 0 saturated heterocycles. The summed E-state index contributed by atoms with van der Waals surface area (Å²) in [7, 11) is 0. The van der Waals surface area contributed by atoms with Gasteiger partial charge in [-0.1, -0.05) is 25.8 Å². The van der Waals surface area contributed by atoms with E-state index in [2.05, 4.69) is 24.9 Å². The van der Waals surface area contributed by atoms with Gasteiger partial charge in [0.1, 0.15) is 0 Å². The maximum atomic E-state index is 11.8. The van der Waals surface area contributed by atoms with Gasteiger partial charge in [-0.2, -0.15) is 0 Å². The molecule has 16 heavy (non-hydrogen) atoms. The topological polar surface area (TPSA) is 29.1 Å². The standard InChI is InChI=1S/C13H19NOS/c1-3-4-6-10(2)14-13(15)11-7-5-8-12(16)9-11/h5,7-10,16H,3-4,6H2,1-2H3,(H,14,15). The number of carbonyl (C=O) groups is 1. The Balaban J connectivity index is 2.52. The number of benzene rings is 1. The van der Waals surface area contributed by atoms with Crippen molar-refractivity contribution >= 4 is 18.5 Å². The lowest BCUT2D eigenvalue weighted by Crippen LogP contribution is -2.32. The van der Waals surface area contributed by atoms with Crippen LogP contribution in [0.15, 0.2) is 29.2 Å². The molecule has 1 aromatic rings. The highest BCUT2D eigenvalue weighted by Crippen LogP contribution is 2.09. The van der Waals surface area contributed by atoms with E-state index < -0.39 is 0 Å². The van der Waals surface area contributed by atoms with Crippen molar-refractivity contribution in [1.82, 2.24) is 5.32 Å². The van der Waals surface area contributed by atoms with E-state index in [0.29, 0.717) is 5.56 Å². The molecule has 1 atom stereocenters. The van der Waals surface area contributed by atoms with Gasteiger partial charge in [0.15, 0.2) is 0 Å². The van der Waals surface area contributed by atoms with Crippen LogP contribution >= 0.6 is 12.6 Å². The zero-order valence-electron chi connectivity index (χ0n) is 9.86. The summed E-state index contributed by atoms with van der Waals surface area (Å²) in [6.45, 7) is 4.19. The Morgan fingerprint density at radius 2 is 2.25 bits per heavy atom. The maximum absolute atomic E-state index is 11.8. The van der Waals surface area contributed by atoms with Gasteiger partial charge in [-0.15, -0.1) is 12.6 Å². The van der Waals surface area contributed by atoms with Gasteiger partial charge in [0.25, 0.3) is 5.91 Å². The molecule has 0 spiro atoms. The number of thiol groups is 1. The fourth-order valence-electron chi connectivity index (χ4n) is 1.54. The van der Waals surface area contributed by atoms with Crippen molar-refractivity contribution in [3.05, 3.63) is 29.8 Å². The van der Waals surface area contributed by atoms with Crippen molar-refractivity contribution in [2.24, 2.45) is 0 Å². The van der Waals surface area contributed by atoms with E-state index in [1.807, 2.05) is 25.1 Å². The Morgan fingerprint density at radius 1 is 1.50 bits per heavy atom. The van der Waals surface area contributed by atoms with Crippen molar-refractivity contribution in [2.45, 2.75) is 44.0 Å². The molecule has 0 saturated carbocycles. The van der Waals surface area contributed by atoms with Crippen LogP contribution in [0.4, 0.5) is 0 Å². The van der Waals surface area contributed by atoms with Crippen molar-refractivity contribution in [3.63, 3.8) is 0 Å². The smallest absolute Gasteiger partial charge is 0.251 e. The van der Waals surface area contributed by atoms with Crippen LogP contribution in [-0.2, 0) is 0 Å². The molecule has 1 rings (SSSR count). The normalized spacial score (nSPS) is 12.2. The zero-order valence-corrected chi connectivity index (χ0v) is 10.8. The van der Waals surface area contributed by atoms with E-state index in [1.54, 1.807) is 6.07 Å². The first-order valence-electron chi connectivity index (χ1n) is 5.73. The molecule has 0 aromatic heterocycles. The van der Waals surface area contributed by atoms with E-state index in [-0.39, 0.29) is 11.9 Å². The van der Waals surface area contributed by atoms with E-state index in [1.165, 1.54) is 0 Å². The van der Waals surface area contributed by atoms with Gasteiger partial charge >= 0.3 is 0 Å². The van der Waals surface area contributed by atoms with Crippen molar-refractivity contribution in [3.8, 4) is 0 Å². The minimum absolute atomic E-state index is 0.0143. The molecule has 0 aliphatic heterocycles. The van der Waals surface area contributed by atoms with Gasteiger partial charge in [-0.25, -0.2) is 0 Å². The minimum atomic E-state index is -0.0143. The summed E-state index contributed by atoms with van der Waals surface area (Å²) in [5, 5.41) is 2.99. The molecule has 0 fully saturated rings. The molecule has 2 nitrogen and oxygen atoms in total. The van der Waals surface area contributed by atoms with Crippen LogP contribution in [0.3, 0.4) is 0 Å². The van der Waals surface area contributed by atoms with E-state index in [4.69, 9.17) is 0 Å². The number of nitrogens with one attached hydrogen (secondary N) is 1. The monoisotopic (exact) mass is 237 g/mol. The fourth-order valence-corrected chi connectivity index (χ4v) is 1.76. The second-order valence-electron chi connectivity index (χ2n) is 4.07. The Hall–Kier alpha value is -0.960. The largest absolute Gasteiger partial charge is 0.350 e. The zero-order chi connectivity index (χ0) is 12.0. The highest BCUT2D eigenvalue weighted by molar-refractivity contribution is 7.80. The van der Waals surface area contributed by atoms with Crippen LogP contribution in [0.25, 0.3) is 0 Å². The number of hydrogen-bond donors (Lipinski definition) is 2. The summed E-state index contributed by atoms with van der Waals surface area (Å²) < 4.78 is 0. The summed E-state index contributed by atoms with van der Waals surface area (Å²) in [5.41, 5.74) is 0.677. The summed E-state index contributed by atoms with van der Waals surface area (Å²) in [6, 6.07) is 7.53. The van der Waals surface area contributed by atoms with Gasteiger partial charge in [0.2, 0.25) is 0 Å². The maximum Gasteiger partial charge on any atom is 0.251 e. The first-order chi connectivity index (χ1) is 7.63. The summed E-state index contributed by atoms with van der Waals surface area (Å²) in [4.78, 5) is 12.6. The number of hydrogen-bond acceptors (Lipinski definition) is 2. The molecular weight excluding hydrogens is 218 g/mol. The highest BCUT2D eigenvalue weighted by Gasteiger charge is 2.08. The quantitative estimate of drug-likeness (QED) is 0.756. The highest BCUT2D eigenvalue weighted by atomic mass is 32.1. The molecule has 0 radical (unpaired) electrons.